The molecule has 0 aliphatic rings. The van der Waals surface area contributed by atoms with Gasteiger partial charge in [-0.1, -0.05) is 0 Å². The predicted molar refractivity (Wildman–Crippen MR) is 69.9 cm³/mol. The molecule has 1 amide bonds. The van der Waals surface area contributed by atoms with Crippen molar-refractivity contribution in [1.29, 1.82) is 0 Å². The van der Waals surface area contributed by atoms with E-state index >= 15 is 0 Å². The second-order valence-electron chi connectivity index (χ2n) is 4.65. The number of aryl methyl sites for hydroxylation is 2. The number of carbonyl (C=O) groups excluding carboxylic acids is 1. The zero-order valence-electron chi connectivity index (χ0n) is 11.4. The number of carboxylic acids is 1. The number of hydrogen-bond acceptors (Lipinski definition) is 4. The van der Waals surface area contributed by atoms with Crippen LogP contribution in [0.25, 0.3) is 0 Å². The van der Waals surface area contributed by atoms with Gasteiger partial charge in [0.1, 0.15) is 0 Å². The van der Waals surface area contributed by atoms with Gasteiger partial charge in [-0.2, -0.15) is 10.2 Å². The number of aromatic nitrogens is 2. The van der Waals surface area contributed by atoms with Gasteiger partial charge < -0.3 is 10.4 Å². The Balaban J connectivity index is 2.54. The summed E-state index contributed by atoms with van der Waals surface area (Å²) in [7, 11) is 0. The topological polar surface area (TPSA) is 92.2 Å². The maximum absolute atomic E-state index is 12.0. The van der Waals surface area contributed by atoms with Crippen LogP contribution in [-0.2, 0) is 4.79 Å². The predicted octanol–water partition coefficient (Wildman–Crippen LogP) is 1.47. The molecular formula is C13H19N3O3. The fourth-order valence-corrected chi connectivity index (χ4v) is 1.71. The number of rotatable bonds is 6. The van der Waals surface area contributed by atoms with E-state index in [9.17, 15) is 9.59 Å². The Hall–Kier alpha value is -1.98. The van der Waals surface area contributed by atoms with Crippen molar-refractivity contribution in [3.63, 3.8) is 0 Å². The number of carboxylic acid groups (broad SMARTS) is 1. The molecule has 0 fully saturated rings. The van der Waals surface area contributed by atoms with Gasteiger partial charge in [-0.25, -0.2) is 0 Å². The van der Waals surface area contributed by atoms with E-state index in [1.165, 1.54) is 0 Å². The second kappa shape index (κ2) is 6.82. The van der Waals surface area contributed by atoms with E-state index in [0.29, 0.717) is 29.8 Å². The number of nitrogens with zero attached hydrogens (tertiary/aromatic N) is 2. The first kappa shape index (κ1) is 15.1. The van der Waals surface area contributed by atoms with Gasteiger partial charge in [0.25, 0.3) is 5.91 Å². The first-order valence-corrected chi connectivity index (χ1v) is 6.23. The van der Waals surface area contributed by atoms with Gasteiger partial charge in [-0.05, 0) is 39.7 Å². The number of amides is 1. The lowest BCUT2D eigenvalue weighted by molar-refractivity contribution is -0.137. The Kier molecular flexibility index (Phi) is 5.41. The van der Waals surface area contributed by atoms with Crippen molar-refractivity contribution in [2.45, 2.75) is 46.1 Å². The van der Waals surface area contributed by atoms with E-state index in [-0.39, 0.29) is 18.4 Å². The summed E-state index contributed by atoms with van der Waals surface area (Å²) < 4.78 is 0. The van der Waals surface area contributed by atoms with Crippen LogP contribution in [0, 0.1) is 13.8 Å². The van der Waals surface area contributed by atoms with Crippen molar-refractivity contribution in [1.82, 2.24) is 15.5 Å². The lowest BCUT2D eigenvalue weighted by atomic mass is 10.1. The first-order valence-electron chi connectivity index (χ1n) is 6.23. The third kappa shape index (κ3) is 5.03. The van der Waals surface area contributed by atoms with Gasteiger partial charge in [0.15, 0.2) is 0 Å². The molecule has 0 aromatic carbocycles. The molecular weight excluding hydrogens is 246 g/mol. The first-order chi connectivity index (χ1) is 8.90. The summed E-state index contributed by atoms with van der Waals surface area (Å²) >= 11 is 0. The Labute approximate surface area is 112 Å². The average molecular weight is 265 g/mol. The van der Waals surface area contributed by atoms with Crippen LogP contribution in [0.1, 0.15) is 47.9 Å². The largest absolute Gasteiger partial charge is 0.481 e. The smallest absolute Gasteiger partial charge is 0.303 e. The average Bonchev–Trinajstić information content (AvgIpc) is 2.31. The maximum Gasteiger partial charge on any atom is 0.303 e. The lowest BCUT2D eigenvalue weighted by Crippen LogP contribution is -2.33. The minimum Gasteiger partial charge on any atom is -0.481 e. The third-order valence-corrected chi connectivity index (χ3v) is 2.75. The van der Waals surface area contributed by atoms with Gasteiger partial charge in [-0.3, -0.25) is 9.59 Å². The highest BCUT2D eigenvalue weighted by Crippen LogP contribution is 2.07. The Bertz CT molecular complexity index is 474. The van der Waals surface area contributed by atoms with Crippen LogP contribution in [-0.4, -0.2) is 33.2 Å². The molecule has 0 aliphatic carbocycles. The molecule has 0 saturated heterocycles. The number of hydrogen-bond donors (Lipinski definition) is 2. The van der Waals surface area contributed by atoms with Crippen LogP contribution < -0.4 is 5.32 Å². The third-order valence-electron chi connectivity index (χ3n) is 2.75. The molecule has 0 bridgehead atoms. The van der Waals surface area contributed by atoms with Gasteiger partial charge in [0, 0.05) is 12.5 Å². The van der Waals surface area contributed by atoms with E-state index in [0.717, 1.165) is 0 Å². The van der Waals surface area contributed by atoms with Crippen molar-refractivity contribution in [3.8, 4) is 0 Å². The van der Waals surface area contributed by atoms with Crippen molar-refractivity contribution in [2.24, 2.45) is 0 Å². The fraction of sp³-hybridized carbons (Fsp3) is 0.538. The summed E-state index contributed by atoms with van der Waals surface area (Å²) in [5.74, 6) is -1.01. The number of carbonyl (C=O) groups is 2. The highest BCUT2D eigenvalue weighted by molar-refractivity contribution is 5.95. The SMILES string of the molecule is Cc1cc(C(=O)NC(C)CCCC(=O)O)c(C)nn1. The van der Waals surface area contributed by atoms with Crippen LogP contribution in [0.4, 0.5) is 0 Å². The van der Waals surface area contributed by atoms with Gasteiger partial charge >= 0.3 is 5.97 Å². The van der Waals surface area contributed by atoms with E-state index in [1.54, 1.807) is 19.9 Å². The zero-order valence-corrected chi connectivity index (χ0v) is 11.4. The second-order valence-corrected chi connectivity index (χ2v) is 4.65. The molecule has 0 radical (unpaired) electrons. The van der Waals surface area contributed by atoms with Gasteiger partial charge in [0.05, 0.1) is 17.0 Å². The van der Waals surface area contributed by atoms with Crippen molar-refractivity contribution in [3.05, 3.63) is 23.0 Å². The fourth-order valence-electron chi connectivity index (χ4n) is 1.71. The van der Waals surface area contributed by atoms with Crippen molar-refractivity contribution < 1.29 is 14.7 Å². The highest BCUT2D eigenvalue weighted by atomic mass is 16.4. The summed E-state index contributed by atoms with van der Waals surface area (Å²) in [6.07, 6.45) is 1.30. The molecule has 0 spiro atoms. The van der Waals surface area contributed by atoms with Crippen molar-refractivity contribution in [2.75, 3.05) is 0 Å². The summed E-state index contributed by atoms with van der Waals surface area (Å²) in [6, 6.07) is 1.63. The number of aliphatic carboxylic acids is 1. The summed E-state index contributed by atoms with van der Waals surface area (Å²) in [5, 5.41) is 19.2. The molecule has 0 saturated carbocycles. The maximum atomic E-state index is 12.0. The molecule has 1 atom stereocenters. The van der Waals surface area contributed by atoms with Crippen molar-refractivity contribution >= 4 is 11.9 Å². The Morgan fingerprint density at radius 3 is 2.68 bits per heavy atom. The van der Waals surface area contributed by atoms with E-state index in [1.807, 2.05) is 6.92 Å². The van der Waals surface area contributed by atoms with Crippen LogP contribution in [0.15, 0.2) is 6.07 Å². The minimum absolute atomic E-state index is 0.0697. The quantitative estimate of drug-likeness (QED) is 0.812. The lowest BCUT2D eigenvalue weighted by Gasteiger charge is -2.14. The Morgan fingerprint density at radius 2 is 2.05 bits per heavy atom. The molecule has 1 rings (SSSR count). The highest BCUT2D eigenvalue weighted by Gasteiger charge is 2.13. The molecule has 1 aromatic rings. The van der Waals surface area contributed by atoms with Crippen LogP contribution in [0.3, 0.4) is 0 Å². The van der Waals surface area contributed by atoms with E-state index in [4.69, 9.17) is 5.11 Å². The molecule has 1 heterocycles. The Morgan fingerprint density at radius 1 is 1.37 bits per heavy atom. The molecule has 6 nitrogen and oxygen atoms in total. The van der Waals surface area contributed by atoms with E-state index < -0.39 is 5.97 Å². The van der Waals surface area contributed by atoms with Gasteiger partial charge in [0.2, 0.25) is 0 Å². The summed E-state index contributed by atoms with van der Waals surface area (Å²) in [5.41, 5.74) is 1.78. The van der Waals surface area contributed by atoms with Crippen LogP contribution in [0.2, 0.25) is 0 Å². The van der Waals surface area contributed by atoms with E-state index in [2.05, 4.69) is 15.5 Å². The monoisotopic (exact) mass is 265 g/mol. The molecule has 6 heteroatoms. The van der Waals surface area contributed by atoms with Crippen LogP contribution in [0.5, 0.6) is 0 Å². The summed E-state index contributed by atoms with van der Waals surface area (Å²) in [6.45, 7) is 5.37. The van der Waals surface area contributed by atoms with Gasteiger partial charge in [-0.15, -0.1) is 0 Å². The molecule has 1 aromatic heterocycles. The van der Waals surface area contributed by atoms with Crippen LogP contribution >= 0.6 is 0 Å². The molecule has 19 heavy (non-hydrogen) atoms. The molecule has 0 aliphatic heterocycles. The standard InChI is InChI=1S/C13H19N3O3/c1-8(5-4-6-12(17)18)14-13(19)11-7-9(2)15-16-10(11)3/h7-8H,4-6H2,1-3H3,(H,14,19)(H,17,18). The molecule has 2 N–H and O–H groups in total. The molecule has 1 unspecified atom stereocenters. The summed E-state index contributed by atoms with van der Waals surface area (Å²) in [4.78, 5) is 22.4. The molecule has 104 valence electrons. The minimum atomic E-state index is -0.816. The number of nitrogens with one attached hydrogen (secondary N) is 1. The zero-order chi connectivity index (χ0) is 14.4. The normalized spacial score (nSPS) is 11.9.